The highest BCUT2D eigenvalue weighted by molar-refractivity contribution is 5.67. The van der Waals surface area contributed by atoms with Crippen LogP contribution in [-0.2, 0) is 9.47 Å². The molecule has 0 aromatic heterocycles. The molecule has 7 heteroatoms. The van der Waals surface area contributed by atoms with Gasteiger partial charge in [0.1, 0.15) is 5.60 Å². The molecular formula is C13H28N4O3. The van der Waals surface area contributed by atoms with Crippen molar-refractivity contribution in [2.45, 2.75) is 38.8 Å². The zero-order valence-electron chi connectivity index (χ0n) is 12.8. The molecule has 0 aliphatic carbocycles. The highest BCUT2D eigenvalue weighted by Gasteiger charge is 2.17. The van der Waals surface area contributed by atoms with Gasteiger partial charge in [-0.3, -0.25) is 5.43 Å². The molecule has 0 aromatic rings. The molecule has 4 N–H and O–H groups in total. The molecule has 1 rings (SSSR count). The summed E-state index contributed by atoms with van der Waals surface area (Å²) >= 11 is 0. The maximum atomic E-state index is 11.5. The number of alkyl carbamates (subject to hydrolysis) is 1. The predicted molar refractivity (Wildman–Crippen MR) is 77.2 cm³/mol. The van der Waals surface area contributed by atoms with E-state index in [1.807, 2.05) is 20.8 Å². The second-order valence-corrected chi connectivity index (χ2v) is 5.88. The zero-order valence-corrected chi connectivity index (χ0v) is 12.8. The van der Waals surface area contributed by atoms with Gasteiger partial charge in [0.2, 0.25) is 0 Å². The summed E-state index contributed by atoms with van der Waals surface area (Å²) in [5.41, 5.74) is 8.64. The molecule has 0 aromatic carbocycles. The second-order valence-electron chi connectivity index (χ2n) is 5.88. The Bertz CT molecular complexity index is 288. The van der Waals surface area contributed by atoms with E-state index in [0.717, 1.165) is 32.7 Å². The number of rotatable bonds is 6. The number of carbonyl (C=O) groups is 1. The van der Waals surface area contributed by atoms with Crippen molar-refractivity contribution >= 4 is 6.09 Å². The molecule has 1 saturated heterocycles. The van der Waals surface area contributed by atoms with Gasteiger partial charge in [-0.05, 0) is 27.2 Å². The van der Waals surface area contributed by atoms with Crippen molar-refractivity contribution in [3.63, 3.8) is 0 Å². The lowest BCUT2D eigenvalue weighted by atomic mass is 10.2. The highest BCUT2D eigenvalue weighted by atomic mass is 16.6. The third-order valence-electron chi connectivity index (χ3n) is 2.82. The minimum atomic E-state index is -0.469. The van der Waals surface area contributed by atoms with E-state index in [9.17, 15) is 4.79 Å². The third-order valence-corrected chi connectivity index (χ3v) is 2.82. The Balaban J connectivity index is 2.18. The molecule has 0 bridgehead atoms. The summed E-state index contributed by atoms with van der Waals surface area (Å²) in [5, 5.41) is 4.86. The highest BCUT2D eigenvalue weighted by Crippen LogP contribution is 2.06. The van der Waals surface area contributed by atoms with Crippen molar-refractivity contribution in [2.24, 2.45) is 5.73 Å². The fourth-order valence-electron chi connectivity index (χ4n) is 1.85. The minimum absolute atomic E-state index is 0.142. The monoisotopic (exact) mass is 288 g/mol. The first-order valence-corrected chi connectivity index (χ1v) is 7.16. The molecule has 0 spiro atoms. The number of nitrogens with zero attached hydrogens (tertiary/aromatic N) is 1. The molecule has 0 saturated carbocycles. The fourth-order valence-corrected chi connectivity index (χ4v) is 1.85. The van der Waals surface area contributed by atoms with Crippen LogP contribution in [0.5, 0.6) is 0 Å². The molecule has 1 heterocycles. The topological polar surface area (TPSA) is 88.8 Å². The van der Waals surface area contributed by atoms with Crippen LogP contribution in [0.15, 0.2) is 0 Å². The maximum Gasteiger partial charge on any atom is 0.407 e. The van der Waals surface area contributed by atoms with Gasteiger partial charge in [-0.15, -0.1) is 0 Å². The Hall–Kier alpha value is -0.890. The second kappa shape index (κ2) is 8.41. The van der Waals surface area contributed by atoms with Crippen LogP contribution in [0.25, 0.3) is 0 Å². The van der Waals surface area contributed by atoms with Gasteiger partial charge in [-0.2, -0.15) is 0 Å². The number of morpholine rings is 1. The van der Waals surface area contributed by atoms with Crippen LogP contribution in [0, 0.1) is 0 Å². The minimum Gasteiger partial charge on any atom is -0.444 e. The largest absolute Gasteiger partial charge is 0.444 e. The van der Waals surface area contributed by atoms with E-state index in [4.69, 9.17) is 15.2 Å². The van der Waals surface area contributed by atoms with Crippen LogP contribution in [0.1, 0.15) is 27.2 Å². The van der Waals surface area contributed by atoms with Gasteiger partial charge in [-0.1, -0.05) is 0 Å². The Morgan fingerprint density at radius 3 is 2.60 bits per heavy atom. The van der Waals surface area contributed by atoms with Gasteiger partial charge in [-0.25, -0.2) is 9.80 Å². The lowest BCUT2D eigenvalue weighted by molar-refractivity contribution is 0.00355. The number of amides is 1. The summed E-state index contributed by atoms with van der Waals surface area (Å²) < 4.78 is 10.5. The van der Waals surface area contributed by atoms with E-state index in [-0.39, 0.29) is 12.1 Å². The molecule has 7 nitrogen and oxygen atoms in total. The van der Waals surface area contributed by atoms with Gasteiger partial charge >= 0.3 is 6.09 Å². The number of hydrogen-bond donors (Lipinski definition) is 3. The molecular weight excluding hydrogens is 260 g/mol. The quantitative estimate of drug-likeness (QED) is 0.641. The SMILES string of the molecule is CC(C)(C)OC(=O)NCCC(CN)NN1CCOCC1. The number of carbonyl (C=O) groups excluding carboxylic acids is 1. The molecule has 1 atom stereocenters. The lowest BCUT2D eigenvalue weighted by Crippen LogP contribution is -2.53. The van der Waals surface area contributed by atoms with Gasteiger partial charge in [0.15, 0.2) is 0 Å². The maximum absolute atomic E-state index is 11.5. The van der Waals surface area contributed by atoms with Crippen molar-refractivity contribution in [1.29, 1.82) is 0 Å². The van der Waals surface area contributed by atoms with E-state index in [0.29, 0.717) is 13.1 Å². The molecule has 1 fully saturated rings. The number of nitrogens with one attached hydrogen (secondary N) is 2. The first-order chi connectivity index (χ1) is 9.40. The Labute approximate surface area is 121 Å². The molecule has 1 unspecified atom stereocenters. The average molecular weight is 288 g/mol. The van der Waals surface area contributed by atoms with Crippen molar-refractivity contribution in [1.82, 2.24) is 15.8 Å². The summed E-state index contributed by atoms with van der Waals surface area (Å²) in [6.07, 6.45) is 0.368. The number of ether oxygens (including phenoxy) is 2. The first kappa shape index (κ1) is 17.2. The van der Waals surface area contributed by atoms with Gasteiger partial charge in [0.05, 0.1) is 13.2 Å². The van der Waals surface area contributed by atoms with Crippen LogP contribution in [0.2, 0.25) is 0 Å². The summed E-state index contributed by atoms with van der Waals surface area (Å²) in [4.78, 5) is 11.5. The third kappa shape index (κ3) is 7.64. The van der Waals surface area contributed by atoms with E-state index < -0.39 is 5.60 Å². The van der Waals surface area contributed by atoms with Crippen LogP contribution >= 0.6 is 0 Å². The number of hydrazine groups is 1. The first-order valence-electron chi connectivity index (χ1n) is 7.16. The Kier molecular flexibility index (Phi) is 7.22. The van der Waals surface area contributed by atoms with Crippen LogP contribution in [-0.4, -0.2) is 62.1 Å². The van der Waals surface area contributed by atoms with Gasteiger partial charge in [0, 0.05) is 32.2 Å². The smallest absolute Gasteiger partial charge is 0.407 e. The van der Waals surface area contributed by atoms with Crippen LogP contribution < -0.4 is 16.5 Å². The van der Waals surface area contributed by atoms with E-state index in [2.05, 4.69) is 15.8 Å². The molecule has 0 radical (unpaired) electrons. The fraction of sp³-hybridized carbons (Fsp3) is 0.923. The summed E-state index contributed by atoms with van der Waals surface area (Å²) in [5.74, 6) is 0. The van der Waals surface area contributed by atoms with E-state index in [1.54, 1.807) is 0 Å². The van der Waals surface area contributed by atoms with E-state index in [1.165, 1.54) is 0 Å². The summed E-state index contributed by atoms with van der Waals surface area (Å²) in [6.45, 7) is 9.77. The zero-order chi connectivity index (χ0) is 15.0. The van der Waals surface area contributed by atoms with Crippen molar-refractivity contribution in [3.05, 3.63) is 0 Å². The van der Waals surface area contributed by atoms with Crippen molar-refractivity contribution < 1.29 is 14.3 Å². The average Bonchev–Trinajstić information content (AvgIpc) is 2.36. The van der Waals surface area contributed by atoms with Gasteiger partial charge < -0.3 is 20.5 Å². The summed E-state index contributed by atoms with van der Waals surface area (Å²) in [7, 11) is 0. The number of hydrogen-bond acceptors (Lipinski definition) is 6. The molecule has 118 valence electrons. The summed E-state index contributed by atoms with van der Waals surface area (Å²) in [6, 6.07) is 0.142. The van der Waals surface area contributed by atoms with Crippen molar-refractivity contribution in [2.75, 3.05) is 39.4 Å². The molecule has 1 amide bonds. The van der Waals surface area contributed by atoms with Crippen molar-refractivity contribution in [3.8, 4) is 0 Å². The standard InChI is InChI=1S/C13H28N4O3/c1-13(2,3)20-12(18)15-5-4-11(10-14)16-17-6-8-19-9-7-17/h11,16H,4-10,14H2,1-3H3,(H,15,18). The predicted octanol–water partition coefficient (Wildman–Crippen LogP) is 0.0653. The van der Waals surface area contributed by atoms with E-state index >= 15 is 0 Å². The normalized spacial score (nSPS) is 18.6. The molecule has 1 aliphatic heterocycles. The van der Waals surface area contributed by atoms with Gasteiger partial charge in [0.25, 0.3) is 0 Å². The molecule has 1 aliphatic rings. The van der Waals surface area contributed by atoms with Crippen LogP contribution in [0.3, 0.4) is 0 Å². The number of nitrogens with two attached hydrogens (primary N) is 1. The Morgan fingerprint density at radius 2 is 2.05 bits per heavy atom. The van der Waals surface area contributed by atoms with Crippen LogP contribution in [0.4, 0.5) is 4.79 Å². The molecule has 20 heavy (non-hydrogen) atoms. The Morgan fingerprint density at radius 1 is 1.40 bits per heavy atom. The lowest BCUT2D eigenvalue weighted by Gasteiger charge is -2.31.